The molecule has 5 rings (SSSR count). The van der Waals surface area contributed by atoms with Crippen molar-refractivity contribution < 1.29 is 9.90 Å². The van der Waals surface area contributed by atoms with Gasteiger partial charge >= 0.3 is 0 Å². The Morgan fingerprint density at radius 3 is 2.32 bits per heavy atom. The zero-order valence-electron chi connectivity index (χ0n) is 16.4. The maximum atomic E-state index is 12.4. The SMILES string of the molecule is O=C(N/N=C\c1cc2ccccc2cc1O)c1cc(-c2ccc3ccccc3c2)n[nH]1. The number of carbonyl (C=O) groups is 1. The predicted octanol–water partition coefficient (Wildman–Crippen LogP) is 4.85. The van der Waals surface area contributed by atoms with Gasteiger partial charge in [-0.05, 0) is 45.8 Å². The summed E-state index contributed by atoms with van der Waals surface area (Å²) in [5, 5.41) is 25.3. The van der Waals surface area contributed by atoms with Crippen LogP contribution < -0.4 is 5.43 Å². The molecule has 3 N–H and O–H groups in total. The molecule has 5 aromatic rings. The molecule has 0 aliphatic heterocycles. The third kappa shape index (κ3) is 3.74. The van der Waals surface area contributed by atoms with E-state index in [1.807, 2.05) is 72.8 Å². The molecule has 1 aromatic heterocycles. The second-order valence-corrected chi connectivity index (χ2v) is 7.19. The molecular weight excluding hydrogens is 388 g/mol. The van der Waals surface area contributed by atoms with E-state index in [1.165, 1.54) is 6.21 Å². The Bertz CT molecular complexity index is 1450. The number of fused-ring (bicyclic) bond motifs is 2. The first-order valence-electron chi connectivity index (χ1n) is 9.77. The number of aromatic nitrogens is 2. The number of carbonyl (C=O) groups excluding carboxylic acids is 1. The van der Waals surface area contributed by atoms with Gasteiger partial charge in [-0.25, -0.2) is 5.43 Å². The van der Waals surface area contributed by atoms with E-state index in [0.717, 1.165) is 27.1 Å². The maximum absolute atomic E-state index is 12.4. The van der Waals surface area contributed by atoms with Gasteiger partial charge in [0.25, 0.3) is 5.91 Å². The van der Waals surface area contributed by atoms with Gasteiger partial charge in [-0.15, -0.1) is 0 Å². The highest BCUT2D eigenvalue weighted by Crippen LogP contribution is 2.24. The zero-order valence-corrected chi connectivity index (χ0v) is 16.4. The molecule has 1 amide bonds. The van der Waals surface area contributed by atoms with Crippen LogP contribution in [0.25, 0.3) is 32.8 Å². The molecule has 31 heavy (non-hydrogen) atoms. The molecule has 150 valence electrons. The number of hydrogen-bond donors (Lipinski definition) is 3. The van der Waals surface area contributed by atoms with Crippen LogP contribution in [0.3, 0.4) is 0 Å². The summed E-state index contributed by atoms with van der Waals surface area (Å²) >= 11 is 0. The van der Waals surface area contributed by atoms with Gasteiger partial charge in [0.15, 0.2) is 0 Å². The summed E-state index contributed by atoms with van der Waals surface area (Å²) < 4.78 is 0. The molecule has 0 radical (unpaired) electrons. The van der Waals surface area contributed by atoms with Crippen LogP contribution in [0.15, 0.2) is 90.0 Å². The fourth-order valence-corrected chi connectivity index (χ4v) is 3.50. The number of aromatic amines is 1. The molecule has 1 heterocycles. The van der Waals surface area contributed by atoms with Crippen molar-refractivity contribution in [3.63, 3.8) is 0 Å². The third-order valence-electron chi connectivity index (χ3n) is 5.13. The van der Waals surface area contributed by atoms with Crippen LogP contribution in [0.2, 0.25) is 0 Å². The van der Waals surface area contributed by atoms with Crippen molar-refractivity contribution in [2.75, 3.05) is 0 Å². The van der Waals surface area contributed by atoms with E-state index in [9.17, 15) is 9.90 Å². The highest BCUT2D eigenvalue weighted by atomic mass is 16.3. The number of phenolic OH excluding ortho intramolecular Hbond substituents is 1. The Labute approximate surface area is 177 Å². The molecule has 0 aliphatic carbocycles. The molecule has 0 saturated carbocycles. The van der Waals surface area contributed by atoms with Gasteiger partial charge in [0.2, 0.25) is 0 Å². The molecule has 0 atom stereocenters. The average molecular weight is 406 g/mol. The summed E-state index contributed by atoms with van der Waals surface area (Å²) in [6.45, 7) is 0. The largest absolute Gasteiger partial charge is 0.507 e. The summed E-state index contributed by atoms with van der Waals surface area (Å²) in [6.07, 6.45) is 1.42. The van der Waals surface area contributed by atoms with Crippen molar-refractivity contribution in [2.24, 2.45) is 5.10 Å². The molecule has 0 saturated heterocycles. The minimum absolute atomic E-state index is 0.0943. The van der Waals surface area contributed by atoms with E-state index >= 15 is 0 Å². The number of nitrogens with zero attached hydrogens (tertiary/aromatic N) is 2. The van der Waals surface area contributed by atoms with Gasteiger partial charge in [-0.2, -0.15) is 10.2 Å². The Balaban J connectivity index is 1.32. The smallest absolute Gasteiger partial charge is 0.289 e. The maximum Gasteiger partial charge on any atom is 0.289 e. The second-order valence-electron chi connectivity index (χ2n) is 7.19. The van der Waals surface area contributed by atoms with E-state index in [0.29, 0.717) is 17.0 Å². The first kappa shape index (κ1) is 18.6. The first-order valence-corrected chi connectivity index (χ1v) is 9.77. The fraction of sp³-hybridized carbons (Fsp3) is 0. The highest BCUT2D eigenvalue weighted by Gasteiger charge is 2.11. The van der Waals surface area contributed by atoms with E-state index in [4.69, 9.17) is 0 Å². The van der Waals surface area contributed by atoms with Crippen LogP contribution in [0.5, 0.6) is 5.75 Å². The fourth-order valence-electron chi connectivity index (χ4n) is 3.50. The van der Waals surface area contributed by atoms with Gasteiger partial charge in [-0.3, -0.25) is 9.89 Å². The van der Waals surface area contributed by atoms with Crippen LogP contribution in [0, 0.1) is 0 Å². The molecule has 0 bridgehead atoms. The molecule has 0 unspecified atom stereocenters. The van der Waals surface area contributed by atoms with Crippen molar-refractivity contribution in [3.8, 4) is 17.0 Å². The van der Waals surface area contributed by atoms with Crippen molar-refractivity contribution in [1.82, 2.24) is 15.6 Å². The molecule has 4 aromatic carbocycles. The standard InChI is InChI=1S/C25H18N4O2/c30-24-13-19-8-4-3-7-18(19)12-21(24)15-26-29-25(31)23-14-22(27-28-23)20-10-9-16-5-1-2-6-17(16)11-20/h1-15,30H,(H,27,28)(H,29,31)/b26-15-. The number of phenols is 1. The lowest BCUT2D eigenvalue weighted by Gasteiger charge is -2.03. The summed E-state index contributed by atoms with van der Waals surface area (Å²) in [4.78, 5) is 12.4. The van der Waals surface area contributed by atoms with E-state index in [2.05, 4.69) is 20.7 Å². The Kier molecular flexibility index (Phi) is 4.65. The third-order valence-corrected chi connectivity index (χ3v) is 5.13. The molecule has 0 aliphatic rings. The van der Waals surface area contributed by atoms with Crippen molar-refractivity contribution in [1.29, 1.82) is 0 Å². The number of hydrogen-bond acceptors (Lipinski definition) is 4. The lowest BCUT2D eigenvalue weighted by Crippen LogP contribution is -2.18. The van der Waals surface area contributed by atoms with Gasteiger partial charge in [0.1, 0.15) is 11.4 Å². The monoisotopic (exact) mass is 406 g/mol. The predicted molar refractivity (Wildman–Crippen MR) is 122 cm³/mol. The quantitative estimate of drug-likeness (QED) is 0.294. The van der Waals surface area contributed by atoms with E-state index < -0.39 is 5.91 Å². The minimum atomic E-state index is -0.420. The van der Waals surface area contributed by atoms with Crippen LogP contribution >= 0.6 is 0 Å². The number of benzene rings is 4. The number of nitrogens with one attached hydrogen (secondary N) is 2. The van der Waals surface area contributed by atoms with Crippen molar-refractivity contribution >= 4 is 33.7 Å². The zero-order chi connectivity index (χ0) is 21.2. The Hall–Kier alpha value is -4.45. The Morgan fingerprint density at radius 1 is 0.871 bits per heavy atom. The first-order chi connectivity index (χ1) is 15.2. The van der Waals surface area contributed by atoms with Crippen LogP contribution in [-0.2, 0) is 0 Å². The minimum Gasteiger partial charge on any atom is -0.507 e. The molecule has 6 nitrogen and oxygen atoms in total. The second kappa shape index (κ2) is 7.76. The summed E-state index contributed by atoms with van der Waals surface area (Å²) in [6, 6.07) is 27.0. The van der Waals surface area contributed by atoms with Gasteiger partial charge in [-0.1, -0.05) is 60.7 Å². The highest BCUT2D eigenvalue weighted by molar-refractivity contribution is 5.96. The van der Waals surface area contributed by atoms with Crippen molar-refractivity contribution in [2.45, 2.75) is 0 Å². The van der Waals surface area contributed by atoms with Gasteiger partial charge in [0, 0.05) is 11.1 Å². The van der Waals surface area contributed by atoms with Crippen LogP contribution in [-0.4, -0.2) is 27.4 Å². The normalized spacial score (nSPS) is 11.4. The average Bonchev–Trinajstić information content (AvgIpc) is 3.29. The van der Waals surface area contributed by atoms with Gasteiger partial charge < -0.3 is 5.11 Å². The number of amides is 1. The summed E-state index contributed by atoms with van der Waals surface area (Å²) in [7, 11) is 0. The van der Waals surface area contributed by atoms with Crippen molar-refractivity contribution in [3.05, 3.63) is 96.2 Å². The number of rotatable bonds is 4. The molecule has 6 heteroatoms. The van der Waals surface area contributed by atoms with Crippen LogP contribution in [0.1, 0.15) is 16.1 Å². The molecular formula is C25H18N4O2. The van der Waals surface area contributed by atoms with E-state index in [-0.39, 0.29) is 5.75 Å². The lowest BCUT2D eigenvalue weighted by molar-refractivity contribution is 0.0950. The van der Waals surface area contributed by atoms with E-state index in [1.54, 1.807) is 12.1 Å². The number of H-pyrrole nitrogens is 1. The van der Waals surface area contributed by atoms with Crippen LogP contribution in [0.4, 0.5) is 0 Å². The molecule has 0 fully saturated rings. The molecule has 0 spiro atoms. The summed E-state index contributed by atoms with van der Waals surface area (Å²) in [5.41, 5.74) is 4.86. The number of hydrazone groups is 1. The topological polar surface area (TPSA) is 90.4 Å². The Morgan fingerprint density at radius 2 is 1.55 bits per heavy atom. The number of aromatic hydroxyl groups is 1. The summed E-state index contributed by atoms with van der Waals surface area (Å²) in [5.74, 6) is -0.326. The van der Waals surface area contributed by atoms with Gasteiger partial charge in [0.05, 0.1) is 11.9 Å². The lowest BCUT2D eigenvalue weighted by atomic mass is 10.1.